The number of thiophene rings is 1. The number of carbonyl (C=O) groups excluding carboxylic acids is 1. The molecule has 21 heavy (non-hydrogen) atoms. The highest BCUT2D eigenvalue weighted by Crippen LogP contribution is 2.35. The number of hydrogen-bond acceptors (Lipinski definition) is 5. The molecule has 7 heteroatoms. The molecule has 1 atom stereocenters. The van der Waals surface area contributed by atoms with E-state index in [4.69, 9.17) is 17.3 Å². The van der Waals surface area contributed by atoms with Crippen molar-refractivity contribution in [1.82, 2.24) is 5.32 Å². The minimum absolute atomic E-state index is 0.0824. The number of fused-ring (bicyclic) bond motifs is 1. The number of amides is 1. The molecular weight excluding hydrogens is 344 g/mol. The van der Waals surface area contributed by atoms with Crippen LogP contribution in [0.3, 0.4) is 0 Å². The van der Waals surface area contributed by atoms with Gasteiger partial charge in [-0.1, -0.05) is 11.6 Å². The Morgan fingerprint density at radius 3 is 3.05 bits per heavy atom. The van der Waals surface area contributed by atoms with E-state index in [1.165, 1.54) is 17.1 Å². The van der Waals surface area contributed by atoms with Gasteiger partial charge in [-0.2, -0.15) is 23.5 Å². The zero-order chi connectivity index (χ0) is 14.8. The molecule has 2 heterocycles. The molecule has 0 radical (unpaired) electrons. The molecule has 1 amide bonds. The lowest BCUT2D eigenvalue weighted by molar-refractivity contribution is 0.0959. The normalized spacial score (nSPS) is 18.8. The fourth-order valence-electron chi connectivity index (χ4n) is 2.20. The number of thioether (sulfide) groups is 2. The van der Waals surface area contributed by atoms with Crippen molar-refractivity contribution in [2.75, 3.05) is 29.5 Å². The molecular formula is C14H15ClN2OS3. The van der Waals surface area contributed by atoms with Crippen LogP contribution < -0.4 is 11.1 Å². The molecule has 0 saturated carbocycles. The summed E-state index contributed by atoms with van der Waals surface area (Å²) < 4.78 is 0.952. The Hall–Kier alpha value is -0.560. The van der Waals surface area contributed by atoms with Gasteiger partial charge in [-0.15, -0.1) is 11.3 Å². The van der Waals surface area contributed by atoms with Crippen LogP contribution in [0.1, 0.15) is 9.67 Å². The van der Waals surface area contributed by atoms with E-state index in [1.807, 2.05) is 35.7 Å². The van der Waals surface area contributed by atoms with Crippen LogP contribution in [0, 0.1) is 0 Å². The second kappa shape index (κ2) is 6.69. The number of halogens is 1. The van der Waals surface area contributed by atoms with Gasteiger partial charge in [0.25, 0.3) is 5.91 Å². The topological polar surface area (TPSA) is 55.1 Å². The first-order valence-electron chi connectivity index (χ1n) is 6.60. The van der Waals surface area contributed by atoms with Gasteiger partial charge in [0, 0.05) is 44.2 Å². The van der Waals surface area contributed by atoms with Gasteiger partial charge >= 0.3 is 0 Å². The smallest absolute Gasteiger partial charge is 0.263 e. The molecule has 2 aromatic rings. The van der Waals surface area contributed by atoms with Crippen LogP contribution in [0.15, 0.2) is 18.2 Å². The lowest BCUT2D eigenvalue weighted by Crippen LogP contribution is -2.33. The summed E-state index contributed by atoms with van der Waals surface area (Å²) in [4.78, 5) is 12.9. The predicted octanol–water partition coefficient (Wildman–Crippen LogP) is 3.72. The molecule has 1 aliphatic heterocycles. The SMILES string of the molecule is Nc1c(C(=O)NCC2CSCCS2)sc2cc(Cl)ccc12. The summed E-state index contributed by atoms with van der Waals surface area (Å²) in [5.74, 6) is 3.39. The number of hydrogen-bond donors (Lipinski definition) is 2. The summed E-state index contributed by atoms with van der Waals surface area (Å²) in [5.41, 5.74) is 6.65. The quantitative estimate of drug-likeness (QED) is 0.878. The lowest BCUT2D eigenvalue weighted by Gasteiger charge is -2.20. The predicted molar refractivity (Wildman–Crippen MR) is 97.2 cm³/mol. The molecule has 1 fully saturated rings. The van der Waals surface area contributed by atoms with Gasteiger partial charge in [-0.05, 0) is 18.2 Å². The molecule has 112 valence electrons. The van der Waals surface area contributed by atoms with Gasteiger partial charge in [-0.3, -0.25) is 4.79 Å². The Kier molecular flexibility index (Phi) is 4.88. The van der Waals surface area contributed by atoms with Gasteiger partial charge in [0.2, 0.25) is 0 Å². The van der Waals surface area contributed by atoms with E-state index in [1.54, 1.807) is 6.07 Å². The van der Waals surface area contributed by atoms with E-state index >= 15 is 0 Å². The van der Waals surface area contributed by atoms with Crippen LogP contribution in [0.2, 0.25) is 5.02 Å². The van der Waals surface area contributed by atoms with Gasteiger partial charge in [0.15, 0.2) is 0 Å². The average Bonchev–Trinajstić information content (AvgIpc) is 2.82. The van der Waals surface area contributed by atoms with Gasteiger partial charge in [0.1, 0.15) is 4.88 Å². The number of anilines is 1. The molecule has 0 aliphatic carbocycles. The van der Waals surface area contributed by atoms with Crippen LogP contribution in [0.25, 0.3) is 10.1 Å². The summed E-state index contributed by atoms with van der Waals surface area (Å²) in [6.45, 7) is 0.699. The molecule has 1 aliphatic rings. The fraction of sp³-hybridized carbons (Fsp3) is 0.357. The summed E-state index contributed by atoms with van der Waals surface area (Å²) in [5, 5.41) is 5.07. The molecule has 3 nitrogen and oxygen atoms in total. The molecule has 3 rings (SSSR count). The Balaban J connectivity index is 1.73. The van der Waals surface area contributed by atoms with Gasteiger partial charge in [-0.25, -0.2) is 0 Å². The molecule has 1 saturated heterocycles. The summed E-state index contributed by atoms with van der Waals surface area (Å²) in [6, 6.07) is 5.51. The Bertz CT molecular complexity index is 668. The van der Waals surface area contributed by atoms with Crippen molar-refractivity contribution in [3.05, 3.63) is 28.1 Å². The van der Waals surface area contributed by atoms with Crippen LogP contribution in [-0.2, 0) is 0 Å². The number of rotatable bonds is 3. The highest BCUT2D eigenvalue weighted by atomic mass is 35.5. The average molecular weight is 359 g/mol. The van der Waals surface area contributed by atoms with Crippen LogP contribution in [-0.4, -0.2) is 35.0 Å². The van der Waals surface area contributed by atoms with Crippen molar-refractivity contribution in [3.8, 4) is 0 Å². The monoisotopic (exact) mass is 358 g/mol. The third-order valence-corrected chi connectivity index (χ3v) is 7.52. The van der Waals surface area contributed by atoms with Crippen molar-refractivity contribution >= 4 is 68.1 Å². The van der Waals surface area contributed by atoms with Crippen molar-refractivity contribution in [1.29, 1.82) is 0 Å². The van der Waals surface area contributed by atoms with Crippen molar-refractivity contribution in [2.45, 2.75) is 5.25 Å². The zero-order valence-corrected chi connectivity index (χ0v) is 14.4. The summed E-state index contributed by atoms with van der Waals surface area (Å²) >= 11 is 11.3. The summed E-state index contributed by atoms with van der Waals surface area (Å²) in [7, 11) is 0. The van der Waals surface area contributed by atoms with E-state index in [0.717, 1.165) is 21.6 Å². The molecule has 1 unspecified atom stereocenters. The van der Waals surface area contributed by atoms with Crippen molar-refractivity contribution < 1.29 is 4.79 Å². The Labute approximate surface area is 141 Å². The highest BCUT2D eigenvalue weighted by molar-refractivity contribution is 8.06. The number of nitrogens with one attached hydrogen (secondary N) is 1. The van der Waals surface area contributed by atoms with E-state index in [0.29, 0.717) is 27.4 Å². The number of nitrogens with two attached hydrogens (primary N) is 1. The lowest BCUT2D eigenvalue weighted by atomic mass is 10.2. The highest BCUT2D eigenvalue weighted by Gasteiger charge is 2.19. The van der Waals surface area contributed by atoms with Crippen molar-refractivity contribution in [3.63, 3.8) is 0 Å². The molecule has 0 spiro atoms. The van der Waals surface area contributed by atoms with Crippen molar-refractivity contribution in [2.24, 2.45) is 0 Å². The Morgan fingerprint density at radius 2 is 2.29 bits per heavy atom. The van der Waals surface area contributed by atoms with E-state index in [9.17, 15) is 4.79 Å². The number of benzene rings is 1. The minimum Gasteiger partial charge on any atom is -0.397 e. The van der Waals surface area contributed by atoms with E-state index in [-0.39, 0.29) is 5.91 Å². The standard InChI is InChI=1S/C14H15ClN2OS3/c15-8-1-2-10-11(5-8)21-13(12(10)16)14(18)17-6-9-7-19-3-4-20-9/h1-2,5,9H,3-4,6-7,16H2,(H,17,18). The first-order valence-corrected chi connectivity index (χ1v) is 10.00. The maximum absolute atomic E-state index is 12.3. The Morgan fingerprint density at radius 1 is 1.43 bits per heavy atom. The molecule has 1 aromatic carbocycles. The van der Waals surface area contributed by atoms with Crippen LogP contribution in [0.5, 0.6) is 0 Å². The third-order valence-electron chi connectivity index (χ3n) is 3.27. The first-order chi connectivity index (χ1) is 10.1. The van der Waals surface area contributed by atoms with Gasteiger partial charge < -0.3 is 11.1 Å². The fourth-order valence-corrected chi connectivity index (χ4v) is 6.13. The maximum atomic E-state index is 12.3. The molecule has 0 bridgehead atoms. The molecule has 1 aromatic heterocycles. The summed E-state index contributed by atoms with van der Waals surface area (Å²) in [6.07, 6.45) is 0. The minimum atomic E-state index is -0.0824. The number of nitrogen functional groups attached to an aromatic ring is 1. The van der Waals surface area contributed by atoms with Crippen LogP contribution >= 0.6 is 46.5 Å². The second-order valence-corrected chi connectivity index (χ2v) is 8.81. The largest absolute Gasteiger partial charge is 0.397 e. The van der Waals surface area contributed by atoms with E-state index < -0.39 is 0 Å². The second-order valence-electron chi connectivity index (χ2n) is 4.76. The zero-order valence-electron chi connectivity index (χ0n) is 11.2. The molecule has 3 N–H and O–H groups in total. The van der Waals surface area contributed by atoms with Gasteiger partial charge in [0.05, 0.1) is 5.69 Å². The number of carbonyl (C=O) groups is 1. The third kappa shape index (κ3) is 3.44. The first kappa shape index (κ1) is 15.3. The van der Waals surface area contributed by atoms with E-state index in [2.05, 4.69) is 5.32 Å². The van der Waals surface area contributed by atoms with Crippen LogP contribution in [0.4, 0.5) is 5.69 Å². The maximum Gasteiger partial charge on any atom is 0.263 e.